The molecule has 0 saturated heterocycles. The number of phenols is 1. The smallest absolute Gasteiger partial charge is 0.165 e. The second-order valence-electron chi connectivity index (χ2n) is 3.42. The van der Waals surface area contributed by atoms with Gasteiger partial charge < -0.3 is 15.6 Å². The van der Waals surface area contributed by atoms with Crippen LogP contribution in [0.15, 0.2) is 6.07 Å². The first kappa shape index (κ1) is 12.1. The van der Waals surface area contributed by atoms with Crippen LogP contribution in [-0.2, 0) is 6.42 Å². The molecule has 4 heteroatoms. The van der Waals surface area contributed by atoms with E-state index in [2.05, 4.69) is 0 Å². The molecule has 84 valence electrons. The molecule has 0 heterocycles. The zero-order chi connectivity index (χ0) is 11.4. The zero-order valence-corrected chi connectivity index (χ0v) is 9.77. The van der Waals surface area contributed by atoms with Gasteiger partial charge in [-0.25, -0.2) is 0 Å². The van der Waals surface area contributed by atoms with Crippen LogP contribution in [0.2, 0.25) is 5.02 Å². The first-order valence-electron chi connectivity index (χ1n) is 4.86. The fourth-order valence-electron chi connectivity index (χ4n) is 1.49. The van der Waals surface area contributed by atoms with Gasteiger partial charge in [-0.1, -0.05) is 11.6 Å². The third-order valence-electron chi connectivity index (χ3n) is 2.37. The van der Waals surface area contributed by atoms with Crippen LogP contribution in [0.1, 0.15) is 17.5 Å². The van der Waals surface area contributed by atoms with Crippen LogP contribution in [-0.4, -0.2) is 18.8 Å². The highest BCUT2D eigenvalue weighted by atomic mass is 35.5. The van der Waals surface area contributed by atoms with E-state index in [9.17, 15) is 5.11 Å². The van der Waals surface area contributed by atoms with Crippen molar-refractivity contribution in [2.24, 2.45) is 5.73 Å². The highest BCUT2D eigenvalue weighted by Gasteiger charge is 2.13. The van der Waals surface area contributed by atoms with Gasteiger partial charge in [0.1, 0.15) is 0 Å². The zero-order valence-electron chi connectivity index (χ0n) is 9.01. The van der Waals surface area contributed by atoms with Crippen molar-refractivity contribution < 1.29 is 9.84 Å². The summed E-state index contributed by atoms with van der Waals surface area (Å²) in [7, 11) is 1.52. The molecule has 1 aromatic carbocycles. The maximum absolute atomic E-state index is 9.90. The minimum absolute atomic E-state index is 0.174. The van der Waals surface area contributed by atoms with E-state index in [0.717, 1.165) is 17.5 Å². The van der Waals surface area contributed by atoms with Gasteiger partial charge in [-0.2, -0.15) is 0 Å². The third kappa shape index (κ3) is 2.55. The minimum atomic E-state index is 0.174. The van der Waals surface area contributed by atoms with Crippen LogP contribution in [0.4, 0.5) is 0 Å². The van der Waals surface area contributed by atoms with Gasteiger partial charge in [0.15, 0.2) is 11.5 Å². The Morgan fingerprint density at radius 2 is 2.20 bits per heavy atom. The largest absolute Gasteiger partial charge is 0.504 e. The Balaban J connectivity index is 3.12. The predicted molar refractivity (Wildman–Crippen MR) is 61.8 cm³/mol. The summed E-state index contributed by atoms with van der Waals surface area (Å²) in [6.07, 6.45) is 1.52. The van der Waals surface area contributed by atoms with Gasteiger partial charge in [0.05, 0.1) is 7.11 Å². The van der Waals surface area contributed by atoms with Crippen molar-refractivity contribution in [3.63, 3.8) is 0 Å². The fraction of sp³-hybridized carbons (Fsp3) is 0.455. The number of nitrogens with two attached hydrogens (primary N) is 1. The molecule has 0 radical (unpaired) electrons. The lowest BCUT2D eigenvalue weighted by Gasteiger charge is -2.12. The molecule has 0 amide bonds. The molecule has 0 fully saturated rings. The average molecular weight is 230 g/mol. The van der Waals surface area contributed by atoms with Crippen LogP contribution in [0, 0.1) is 6.92 Å². The van der Waals surface area contributed by atoms with E-state index in [0.29, 0.717) is 23.7 Å². The second kappa shape index (κ2) is 5.24. The molecule has 0 saturated carbocycles. The highest BCUT2D eigenvalue weighted by molar-refractivity contribution is 6.31. The summed E-state index contributed by atoms with van der Waals surface area (Å²) in [4.78, 5) is 0. The number of methoxy groups -OCH3 is 1. The van der Waals surface area contributed by atoms with Crippen LogP contribution >= 0.6 is 11.6 Å². The van der Waals surface area contributed by atoms with Gasteiger partial charge in [-0.3, -0.25) is 0 Å². The molecule has 3 nitrogen and oxygen atoms in total. The molecule has 0 aliphatic heterocycles. The maximum Gasteiger partial charge on any atom is 0.165 e. The summed E-state index contributed by atoms with van der Waals surface area (Å²) in [6, 6.07) is 1.77. The molecule has 3 N–H and O–H groups in total. The van der Waals surface area contributed by atoms with Crippen molar-refractivity contribution in [3.05, 3.63) is 22.2 Å². The van der Waals surface area contributed by atoms with Gasteiger partial charge in [-0.05, 0) is 37.9 Å². The Bertz CT molecular complexity index is 353. The summed E-state index contributed by atoms with van der Waals surface area (Å²) in [5.74, 6) is 0.627. The number of phenolic OH excluding ortho intramolecular Hbond substituents is 1. The third-order valence-corrected chi connectivity index (χ3v) is 2.77. The molecule has 0 unspecified atom stereocenters. The number of hydrogen-bond donors (Lipinski definition) is 2. The van der Waals surface area contributed by atoms with E-state index < -0.39 is 0 Å². The van der Waals surface area contributed by atoms with E-state index in [1.807, 2.05) is 6.92 Å². The molecule has 0 aliphatic carbocycles. The van der Waals surface area contributed by atoms with E-state index in [4.69, 9.17) is 22.1 Å². The van der Waals surface area contributed by atoms with Crippen LogP contribution in [0.5, 0.6) is 11.5 Å². The lowest BCUT2D eigenvalue weighted by Crippen LogP contribution is -2.01. The lowest BCUT2D eigenvalue weighted by atomic mass is 10.0. The van der Waals surface area contributed by atoms with Crippen molar-refractivity contribution in [2.75, 3.05) is 13.7 Å². The summed E-state index contributed by atoms with van der Waals surface area (Å²) in [5.41, 5.74) is 6.96. The summed E-state index contributed by atoms with van der Waals surface area (Å²) >= 11 is 6.03. The van der Waals surface area contributed by atoms with Crippen molar-refractivity contribution in [3.8, 4) is 11.5 Å². The summed E-state index contributed by atoms with van der Waals surface area (Å²) in [6.45, 7) is 2.40. The van der Waals surface area contributed by atoms with Gasteiger partial charge in [-0.15, -0.1) is 0 Å². The molecule has 0 aromatic heterocycles. The normalized spacial score (nSPS) is 10.4. The van der Waals surface area contributed by atoms with Gasteiger partial charge in [0, 0.05) is 10.6 Å². The molecule has 0 bridgehead atoms. The molecular weight excluding hydrogens is 214 g/mol. The monoisotopic (exact) mass is 229 g/mol. The van der Waals surface area contributed by atoms with Crippen molar-refractivity contribution in [1.82, 2.24) is 0 Å². The van der Waals surface area contributed by atoms with E-state index in [-0.39, 0.29) is 5.75 Å². The lowest BCUT2D eigenvalue weighted by molar-refractivity contribution is 0.368. The van der Waals surface area contributed by atoms with Gasteiger partial charge in [0.2, 0.25) is 0 Å². The standard InChI is InChI=1S/C11H16ClNO2/c1-7-9(12)6-8(4-3-5-13)10(14)11(7)15-2/h6,14H,3-5,13H2,1-2H3. The number of aromatic hydroxyl groups is 1. The van der Waals surface area contributed by atoms with E-state index in [1.165, 1.54) is 7.11 Å². The first-order valence-corrected chi connectivity index (χ1v) is 5.24. The van der Waals surface area contributed by atoms with Crippen molar-refractivity contribution in [1.29, 1.82) is 0 Å². The average Bonchev–Trinajstić information content (AvgIpc) is 2.22. The number of benzene rings is 1. The molecule has 15 heavy (non-hydrogen) atoms. The minimum Gasteiger partial charge on any atom is -0.504 e. The number of halogens is 1. The Morgan fingerprint density at radius 3 is 2.73 bits per heavy atom. The summed E-state index contributed by atoms with van der Waals surface area (Å²) in [5, 5.41) is 10.5. The Labute approximate surface area is 94.8 Å². The van der Waals surface area contributed by atoms with Gasteiger partial charge in [0.25, 0.3) is 0 Å². The maximum atomic E-state index is 9.90. The predicted octanol–water partition coefficient (Wildman–Crippen LogP) is 2.25. The van der Waals surface area contributed by atoms with E-state index >= 15 is 0 Å². The molecular formula is C11H16ClNO2. The number of ether oxygens (including phenoxy) is 1. The Hall–Kier alpha value is -0.930. The highest BCUT2D eigenvalue weighted by Crippen LogP contribution is 2.38. The fourth-order valence-corrected chi connectivity index (χ4v) is 1.71. The number of hydrogen-bond acceptors (Lipinski definition) is 3. The van der Waals surface area contributed by atoms with Crippen molar-refractivity contribution in [2.45, 2.75) is 19.8 Å². The number of rotatable bonds is 4. The molecule has 0 spiro atoms. The molecule has 0 atom stereocenters. The van der Waals surface area contributed by atoms with Crippen LogP contribution in [0.3, 0.4) is 0 Å². The first-order chi connectivity index (χ1) is 7.11. The van der Waals surface area contributed by atoms with E-state index in [1.54, 1.807) is 6.07 Å². The van der Waals surface area contributed by atoms with Gasteiger partial charge >= 0.3 is 0 Å². The van der Waals surface area contributed by atoms with Crippen LogP contribution in [0.25, 0.3) is 0 Å². The summed E-state index contributed by atoms with van der Waals surface area (Å²) < 4.78 is 5.11. The molecule has 1 rings (SSSR count). The van der Waals surface area contributed by atoms with Crippen molar-refractivity contribution >= 4 is 11.6 Å². The Morgan fingerprint density at radius 1 is 1.53 bits per heavy atom. The van der Waals surface area contributed by atoms with Crippen LogP contribution < -0.4 is 10.5 Å². The molecule has 0 aliphatic rings. The number of aryl methyl sites for hydroxylation is 1. The second-order valence-corrected chi connectivity index (χ2v) is 3.82. The molecule has 1 aromatic rings. The Kier molecular flexibility index (Phi) is 4.24. The quantitative estimate of drug-likeness (QED) is 0.833. The SMILES string of the molecule is COc1c(C)c(Cl)cc(CCCN)c1O. The topological polar surface area (TPSA) is 55.5 Å².